The maximum absolute atomic E-state index is 12.3. The van der Waals surface area contributed by atoms with Crippen LogP contribution in [0.3, 0.4) is 0 Å². The third-order valence-electron chi connectivity index (χ3n) is 3.75. The maximum atomic E-state index is 12.3. The van der Waals surface area contributed by atoms with Crippen molar-refractivity contribution >= 4 is 11.6 Å². The number of carbonyl (C=O) groups is 1. The fraction of sp³-hybridized carbons (Fsp3) is 0.150. The largest absolute Gasteiger partial charge is 0.385 e. The van der Waals surface area contributed by atoms with Gasteiger partial charge >= 0.3 is 0 Å². The SMILES string of the molecule is O=C(NCCCNc1ccccc1)c1cccc(-n2cccc2)c1. The van der Waals surface area contributed by atoms with Crippen molar-refractivity contribution in [3.8, 4) is 5.69 Å². The van der Waals surface area contributed by atoms with Crippen LogP contribution in [0.25, 0.3) is 5.69 Å². The van der Waals surface area contributed by atoms with Crippen molar-refractivity contribution in [1.29, 1.82) is 0 Å². The molecule has 0 aliphatic rings. The van der Waals surface area contributed by atoms with E-state index in [0.717, 1.165) is 24.3 Å². The molecule has 0 radical (unpaired) electrons. The Bertz CT molecular complexity index is 767. The third-order valence-corrected chi connectivity index (χ3v) is 3.75. The fourth-order valence-corrected chi connectivity index (χ4v) is 2.50. The number of benzene rings is 2. The van der Waals surface area contributed by atoms with Gasteiger partial charge in [-0.25, -0.2) is 0 Å². The van der Waals surface area contributed by atoms with E-state index < -0.39 is 0 Å². The highest BCUT2D eigenvalue weighted by atomic mass is 16.1. The number of nitrogens with zero attached hydrogens (tertiary/aromatic N) is 1. The molecule has 0 unspecified atom stereocenters. The molecule has 24 heavy (non-hydrogen) atoms. The molecule has 3 rings (SSSR count). The Morgan fingerprint density at radius 2 is 1.67 bits per heavy atom. The molecule has 4 nitrogen and oxygen atoms in total. The number of amides is 1. The number of anilines is 1. The Morgan fingerprint density at radius 1 is 0.875 bits per heavy atom. The molecular formula is C20H21N3O. The summed E-state index contributed by atoms with van der Waals surface area (Å²) in [5.74, 6) is -0.0382. The molecule has 0 bridgehead atoms. The molecule has 3 aromatic rings. The molecule has 1 amide bonds. The first kappa shape index (κ1) is 15.9. The summed E-state index contributed by atoms with van der Waals surface area (Å²) in [6.07, 6.45) is 4.80. The summed E-state index contributed by atoms with van der Waals surface area (Å²) in [6.45, 7) is 1.47. The van der Waals surface area contributed by atoms with Gasteiger partial charge in [0.2, 0.25) is 0 Å². The predicted octanol–water partition coefficient (Wildman–Crippen LogP) is 3.71. The number of aromatic nitrogens is 1. The van der Waals surface area contributed by atoms with Crippen molar-refractivity contribution in [2.24, 2.45) is 0 Å². The average molecular weight is 319 g/mol. The minimum Gasteiger partial charge on any atom is -0.385 e. The lowest BCUT2D eigenvalue weighted by molar-refractivity contribution is 0.0953. The van der Waals surface area contributed by atoms with Crippen LogP contribution in [0.2, 0.25) is 0 Å². The van der Waals surface area contributed by atoms with Gasteiger partial charge in [0.1, 0.15) is 0 Å². The van der Waals surface area contributed by atoms with Crippen molar-refractivity contribution in [3.63, 3.8) is 0 Å². The zero-order valence-corrected chi connectivity index (χ0v) is 13.5. The van der Waals surface area contributed by atoms with Gasteiger partial charge in [-0.3, -0.25) is 4.79 Å². The van der Waals surface area contributed by atoms with E-state index in [1.54, 1.807) is 0 Å². The summed E-state index contributed by atoms with van der Waals surface area (Å²) in [5.41, 5.74) is 2.76. The number of para-hydroxylation sites is 1. The summed E-state index contributed by atoms with van der Waals surface area (Å²) in [4.78, 5) is 12.3. The monoisotopic (exact) mass is 319 g/mol. The van der Waals surface area contributed by atoms with Gasteiger partial charge in [0, 0.05) is 42.4 Å². The van der Waals surface area contributed by atoms with E-state index in [9.17, 15) is 4.79 Å². The summed E-state index contributed by atoms with van der Waals surface area (Å²) < 4.78 is 1.99. The predicted molar refractivity (Wildman–Crippen MR) is 97.7 cm³/mol. The van der Waals surface area contributed by atoms with Gasteiger partial charge in [0.15, 0.2) is 0 Å². The van der Waals surface area contributed by atoms with Crippen LogP contribution in [0.1, 0.15) is 16.8 Å². The Morgan fingerprint density at radius 3 is 2.46 bits per heavy atom. The first-order valence-corrected chi connectivity index (χ1v) is 8.13. The topological polar surface area (TPSA) is 46.1 Å². The lowest BCUT2D eigenvalue weighted by atomic mass is 10.2. The summed E-state index contributed by atoms with van der Waals surface area (Å²) >= 11 is 0. The van der Waals surface area contributed by atoms with Gasteiger partial charge in [-0.2, -0.15) is 0 Å². The van der Waals surface area contributed by atoms with Crippen molar-refractivity contribution in [2.75, 3.05) is 18.4 Å². The van der Waals surface area contributed by atoms with Crippen molar-refractivity contribution in [3.05, 3.63) is 84.7 Å². The summed E-state index contributed by atoms with van der Waals surface area (Å²) in [7, 11) is 0. The van der Waals surface area contributed by atoms with Crippen LogP contribution in [-0.4, -0.2) is 23.6 Å². The van der Waals surface area contributed by atoms with Gasteiger partial charge in [0.25, 0.3) is 5.91 Å². The molecule has 2 N–H and O–H groups in total. The molecule has 0 aliphatic carbocycles. The lowest BCUT2D eigenvalue weighted by Crippen LogP contribution is -2.25. The molecule has 1 heterocycles. The zero-order valence-electron chi connectivity index (χ0n) is 13.5. The van der Waals surface area contributed by atoms with Gasteiger partial charge in [-0.15, -0.1) is 0 Å². The van der Waals surface area contributed by atoms with Crippen LogP contribution < -0.4 is 10.6 Å². The molecule has 0 spiro atoms. The molecule has 122 valence electrons. The van der Waals surface area contributed by atoms with E-state index in [4.69, 9.17) is 0 Å². The number of rotatable bonds is 7. The van der Waals surface area contributed by atoms with Gasteiger partial charge in [0.05, 0.1) is 0 Å². The molecule has 0 saturated carbocycles. The zero-order chi connectivity index (χ0) is 16.6. The Kier molecular flexibility index (Phi) is 5.30. The van der Waals surface area contributed by atoms with Gasteiger partial charge < -0.3 is 15.2 Å². The minimum atomic E-state index is -0.0382. The molecule has 1 aromatic heterocycles. The second-order valence-electron chi connectivity index (χ2n) is 5.54. The van der Waals surface area contributed by atoms with Gasteiger partial charge in [-0.1, -0.05) is 24.3 Å². The van der Waals surface area contributed by atoms with Crippen LogP contribution in [0, 0.1) is 0 Å². The number of hydrogen-bond donors (Lipinski definition) is 2. The maximum Gasteiger partial charge on any atom is 0.251 e. The number of nitrogens with one attached hydrogen (secondary N) is 2. The number of carbonyl (C=O) groups excluding carboxylic acids is 1. The number of hydrogen-bond acceptors (Lipinski definition) is 2. The van der Waals surface area contributed by atoms with Crippen LogP contribution in [0.15, 0.2) is 79.1 Å². The normalized spacial score (nSPS) is 10.3. The second kappa shape index (κ2) is 8.02. The van der Waals surface area contributed by atoms with Crippen LogP contribution in [-0.2, 0) is 0 Å². The molecule has 0 saturated heterocycles. The van der Waals surface area contributed by atoms with Crippen LogP contribution in [0.5, 0.6) is 0 Å². The van der Waals surface area contributed by atoms with E-state index in [1.165, 1.54) is 0 Å². The van der Waals surface area contributed by atoms with Crippen molar-refractivity contribution < 1.29 is 4.79 Å². The highest BCUT2D eigenvalue weighted by molar-refractivity contribution is 5.94. The van der Waals surface area contributed by atoms with Crippen LogP contribution in [0.4, 0.5) is 5.69 Å². The minimum absolute atomic E-state index is 0.0382. The Balaban J connectivity index is 1.46. The van der Waals surface area contributed by atoms with E-state index in [0.29, 0.717) is 12.1 Å². The molecule has 2 aromatic carbocycles. The van der Waals surface area contributed by atoms with E-state index in [1.807, 2.05) is 83.7 Å². The van der Waals surface area contributed by atoms with Crippen LogP contribution >= 0.6 is 0 Å². The first-order chi connectivity index (χ1) is 11.8. The molecule has 0 aliphatic heterocycles. The fourth-order valence-electron chi connectivity index (χ4n) is 2.50. The molecule has 0 fully saturated rings. The average Bonchev–Trinajstić information content (AvgIpc) is 3.17. The Labute approximate surface area is 142 Å². The highest BCUT2D eigenvalue weighted by Crippen LogP contribution is 2.11. The lowest BCUT2D eigenvalue weighted by Gasteiger charge is -2.09. The third kappa shape index (κ3) is 4.26. The summed E-state index contributed by atoms with van der Waals surface area (Å²) in [5, 5.41) is 6.30. The smallest absolute Gasteiger partial charge is 0.251 e. The Hall–Kier alpha value is -3.01. The van der Waals surface area contributed by atoms with E-state index in [-0.39, 0.29) is 5.91 Å². The summed E-state index contributed by atoms with van der Waals surface area (Å²) in [6, 6.07) is 21.6. The molecule has 0 atom stereocenters. The van der Waals surface area contributed by atoms with Gasteiger partial charge in [-0.05, 0) is 48.9 Å². The van der Waals surface area contributed by atoms with Crippen molar-refractivity contribution in [2.45, 2.75) is 6.42 Å². The van der Waals surface area contributed by atoms with E-state index in [2.05, 4.69) is 10.6 Å². The van der Waals surface area contributed by atoms with E-state index >= 15 is 0 Å². The first-order valence-electron chi connectivity index (χ1n) is 8.13. The second-order valence-corrected chi connectivity index (χ2v) is 5.54. The molecular weight excluding hydrogens is 298 g/mol. The van der Waals surface area contributed by atoms with Crippen molar-refractivity contribution in [1.82, 2.24) is 9.88 Å². The highest BCUT2D eigenvalue weighted by Gasteiger charge is 2.06. The molecule has 4 heteroatoms. The standard InChI is InChI=1S/C20H21N3O/c24-20(22-13-7-12-21-18-9-2-1-3-10-18)17-8-6-11-19(16-17)23-14-4-5-15-23/h1-6,8-11,14-16,21H,7,12-13H2,(H,22,24). The quantitative estimate of drug-likeness (QED) is 0.652.